The molecule has 3 N–H and O–H groups in total. The fourth-order valence-corrected chi connectivity index (χ4v) is 2.15. The maximum atomic E-state index is 7.42. The van der Waals surface area contributed by atoms with Crippen molar-refractivity contribution in [3.8, 4) is 0 Å². The summed E-state index contributed by atoms with van der Waals surface area (Å²) in [5.74, 6) is 0.0298. The van der Waals surface area contributed by atoms with Crippen LogP contribution in [0.4, 0.5) is 0 Å². The molecule has 2 aromatic rings. The summed E-state index contributed by atoms with van der Waals surface area (Å²) in [6.45, 7) is 0. The number of aromatic nitrogens is 1. The first kappa shape index (κ1) is 9.86. The number of amidine groups is 1. The first-order valence-electron chi connectivity index (χ1n) is 4.58. The summed E-state index contributed by atoms with van der Waals surface area (Å²) >= 11 is 1.70. The standard InChI is InChI=1S/C11H11N3S/c12-11(13)10-8(3-1-5-14-10)7-9-4-2-6-15-9/h1-6H,7H2,(H3,12,13). The van der Waals surface area contributed by atoms with Crippen molar-refractivity contribution in [2.75, 3.05) is 0 Å². The molecular weight excluding hydrogens is 206 g/mol. The van der Waals surface area contributed by atoms with Gasteiger partial charge in [-0.05, 0) is 23.1 Å². The second-order valence-corrected chi connectivity index (χ2v) is 4.21. The molecule has 0 unspecified atom stereocenters. The lowest BCUT2D eigenvalue weighted by molar-refractivity contribution is 1.14. The van der Waals surface area contributed by atoms with Crippen LogP contribution in [0.2, 0.25) is 0 Å². The Morgan fingerprint density at radius 2 is 2.27 bits per heavy atom. The molecule has 2 aromatic heterocycles. The lowest BCUT2D eigenvalue weighted by Crippen LogP contribution is -2.15. The second kappa shape index (κ2) is 4.23. The van der Waals surface area contributed by atoms with E-state index in [-0.39, 0.29) is 5.84 Å². The molecule has 0 fully saturated rings. The quantitative estimate of drug-likeness (QED) is 0.610. The molecule has 0 spiro atoms. The molecule has 0 aliphatic heterocycles. The van der Waals surface area contributed by atoms with E-state index in [4.69, 9.17) is 11.1 Å². The van der Waals surface area contributed by atoms with Crippen LogP contribution in [0.1, 0.15) is 16.1 Å². The molecule has 0 aliphatic rings. The minimum Gasteiger partial charge on any atom is -0.382 e. The molecule has 76 valence electrons. The molecule has 3 nitrogen and oxygen atoms in total. The Morgan fingerprint density at radius 3 is 2.93 bits per heavy atom. The molecule has 0 aromatic carbocycles. The Morgan fingerprint density at radius 1 is 1.40 bits per heavy atom. The third kappa shape index (κ3) is 2.22. The summed E-state index contributed by atoms with van der Waals surface area (Å²) in [5.41, 5.74) is 7.06. The Hall–Kier alpha value is -1.68. The van der Waals surface area contributed by atoms with Crippen molar-refractivity contribution in [3.63, 3.8) is 0 Å². The van der Waals surface area contributed by atoms with E-state index in [2.05, 4.69) is 11.1 Å². The number of rotatable bonds is 3. The molecule has 2 heterocycles. The van der Waals surface area contributed by atoms with Gasteiger partial charge < -0.3 is 5.73 Å². The summed E-state index contributed by atoms with van der Waals surface area (Å²) in [6.07, 6.45) is 2.45. The number of nitrogen functional groups attached to an aromatic ring is 1. The minimum atomic E-state index is 0.0298. The van der Waals surface area contributed by atoms with Gasteiger partial charge in [-0.25, -0.2) is 0 Å². The van der Waals surface area contributed by atoms with E-state index in [9.17, 15) is 0 Å². The summed E-state index contributed by atoms with van der Waals surface area (Å²) in [4.78, 5) is 5.37. The molecule has 0 amide bonds. The van der Waals surface area contributed by atoms with Crippen molar-refractivity contribution >= 4 is 17.2 Å². The van der Waals surface area contributed by atoms with Crippen molar-refractivity contribution in [1.82, 2.24) is 4.98 Å². The van der Waals surface area contributed by atoms with E-state index >= 15 is 0 Å². The maximum absolute atomic E-state index is 7.42. The van der Waals surface area contributed by atoms with Crippen LogP contribution in [0.15, 0.2) is 35.8 Å². The number of thiophene rings is 1. The molecule has 15 heavy (non-hydrogen) atoms. The average molecular weight is 217 g/mol. The third-order valence-corrected chi connectivity index (χ3v) is 2.97. The van der Waals surface area contributed by atoms with Crippen LogP contribution >= 0.6 is 11.3 Å². The predicted octanol–water partition coefficient (Wildman–Crippen LogP) is 2.02. The molecule has 0 saturated heterocycles. The highest BCUT2D eigenvalue weighted by molar-refractivity contribution is 7.09. The normalized spacial score (nSPS) is 10.1. The monoisotopic (exact) mass is 217 g/mol. The van der Waals surface area contributed by atoms with Crippen molar-refractivity contribution in [2.45, 2.75) is 6.42 Å². The van der Waals surface area contributed by atoms with Crippen LogP contribution < -0.4 is 5.73 Å². The van der Waals surface area contributed by atoms with Crippen LogP contribution in [0.3, 0.4) is 0 Å². The number of nitrogens with zero attached hydrogens (tertiary/aromatic N) is 1. The van der Waals surface area contributed by atoms with Crippen LogP contribution in [-0.4, -0.2) is 10.8 Å². The lowest BCUT2D eigenvalue weighted by Gasteiger charge is -2.04. The Bertz CT molecular complexity index is 462. The second-order valence-electron chi connectivity index (χ2n) is 3.18. The Kier molecular flexibility index (Phi) is 2.78. The van der Waals surface area contributed by atoms with E-state index < -0.39 is 0 Å². The molecule has 4 heteroatoms. The zero-order valence-electron chi connectivity index (χ0n) is 8.10. The summed E-state index contributed by atoms with van der Waals surface area (Å²) in [6, 6.07) is 7.92. The van der Waals surface area contributed by atoms with Crippen molar-refractivity contribution < 1.29 is 0 Å². The molecule has 0 aliphatic carbocycles. The van der Waals surface area contributed by atoms with Crippen molar-refractivity contribution in [2.24, 2.45) is 5.73 Å². The van der Waals surface area contributed by atoms with Gasteiger partial charge in [-0.1, -0.05) is 12.1 Å². The van der Waals surface area contributed by atoms with Crippen molar-refractivity contribution in [3.05, 3.63) is 52.0 Å². The fourth-order valence-electron chi connectivity index (χ4n) is 1.42. The van der Waals surface area contributed by atoms with Gasteiger partial charge in [0.15, 0.2) is 0 Å². The zero-order chi connectivity index (χ0) is 10.7. The fraction of sp³-hybridized carbons (Fsp3) is 0.0909. The number of hydrogen-bond donors (Lipinski definition) is 2. The zero-order valence-corrected chi connectivity index (χ0v) is 8.92. The van der Waals surface area contributed by atoms with Gasteiger partial charge >= 0.3 is 0 Å². The van der Waals surface area contributed by atoms with Crippen molar-refractivity contribution in [1.29, 1.82) is 5.41 Å². The van der Waals surface area contributed by atoms with Gasteiger partial charge in [-0.15, -0.1) is 11.3 Å². The van der Waals surface area contributed by atoms with E-state index in [0.29, 0.717) is 5.69 Å². The topological polar surface area (TPSA) is 62.8 Å². The highest BCUT2D eigenvalue weighted by Crippen LogP contribution is 2.16. The van der Waals surface area contributed by atoms with E-state index in [1.54, 1.807) is 17.5 Å². The largest absolute Gasteiger partial charge is 0.382 e. The average Bonchev–Trinajstić information content (AvgIpc) is 2.71. The number of hydrogen-bond acceptors (Lipinski definition) is 3. The van der Waals surface area contributed by atoms with Gasteiger partial charge in [0, 0.05) is 17.5 Å². The van der Waals surface area contributed by atoms with Gasteiger partial charge in [0.1, 0.15) is 11.5 Å². The first-order valence-corrected chi connectivity index (χ1v) is 5.46. The SMILES string of the molecule is N=C(N)c1ncccc1Cc1cccs1. The molecule has 0 atom stereocenters. The first-order chi connectivity index (χ1) is 7.27. The number of nitrogens with one attached hydrogen (secondary N) is 1. The molecule has 0 bridgehead atoms. The van der Waals surface area contributed by atoms with E-state index in [1.807, 2.05) is 23.6 Å². The summed E-state index contributed by atoms with van der Waals surface area (Å²) in [7, 11) is 0. The Labute approximate surface area is 92.1 Å². The summed E-state index contributed by atoms with van der Waals surface area (Å²) < 4.78 is 0. The van der Waals surface area contributed by atoms with Gasteiger partial charge in [-0.3, -0.25) is 10.4 Å². The highest BCUT2D eigenvalue weighted by atomic mass is 32.1. The highest BCUT2D eigenvalue weighted by Gasteiger charge is 2.06. The number of pyridine rings is 1. The molecule has 0 radical (unpaired) electrons. The van der Waals surface area contributed by atoms with Crippen LogP contribution in [-0.2, 0) is 6.42 Å². The Balaban J connectivity index is 2.32. The van der Waals surface area contributed by atoms with E-state index in [0.717, 1.165) is 12.0 Å². The maximum Gasteiger partial charge on any atom is 0.142 e. The van der Waals surface area contributed by atoms with Gasteiger partial charge in [-0.2, -0.15) is 0 Å². The number of nitrogens with two attached hydrogens (primary N) is 1. The van der Waals surface area contributed by atoms with Crippen LogP contribution in [0.5, 0.6) is 0 Å². The van der Waals surface area contributed by atoms with Gasteiger partial charge in [0.05, 0.1) is 0 Å². The molecule has 2 rings (SSSR count). The predicted molar refractivity (Wildman–Crippen MR) is 62.4 cm³/mol. The lowest BCUT2D eigenvalue weighted by atomic mass is 10.1. The molecule has 0 saturated carbocycles. The smallest absolute Gasteiger partial charge is 0.142 e. The van der Waals surface area contributed by atoms with Crippen LogP contribution in [0.25, 0.3) is 0 Å². The summed E-state index contributed by atoms with van der Waals surface area (Å²) in [5, 5.41) is 9.46. The third-order valence-electron chi connectivity index (χ3n) is 2.09. The van der Waals surface area contributed by atoms with E-state index in [1.165, 1.54) is 4.88 Å². The minimum absolute atomic E-state index is 0.0298. The van der Waals surface area contributed by atoms with Gasteiger partial charge in [0.2, 0.25) is 0 Å². The van der Waals surface area contributed by atoms with Crippen LogP contribution in [0, 0.1) is 5.41 Å². The molecular formula is C11H11N3S. The van der Waals surface area contributed by atoms with Gasteiger partial charge in [0.25, 0.3) is 0 Å².